The number of amides is 2. The molecular formula is C12H18N4O2S. The Labute approximate surface area is 116 Å². The van der Waals surface area contributed by atoms with Crippen LogP contribution in [0.5, 0.6) is 0 Å². The SMILES string of the molecule is C=CC(=O)NCCNC(=O)c1nnc(C(C)(C)C)s1. The van der Waals surface area contributed by atoms with Crippen LogP contribution in [0.3, 0.4) is 0 Å². The third-order valence-electron chi connectivity index (χ3n) is 2.16. The van der Waals surface area contributed by atoms with Crippen molar-refractivity contribution in [3.63, 3.8) is 0 Å². The van der Waals surface area contributed by atoms with Gasteiger partial charge in [0, 0.05) is 18.5 Å². The highest BCUT2D eigenvalue weighted by Crippen LogP contribution is 2.25. The van der Waals surface area contributed by atoms with Gasteiger partial charge in [-0.1, -0.05) is 38.7 Å². The standard InChI is InChI=1S/C12H18N4O2S/c1-5-8(17)13-6-7-14-9(18)10-15-16-11(19-10)12(2,3)4/h5H,1,6-7H2,2-4H3,(H,13,17)(H,14,18). The Kier molecular flexibility index (Phi) is 5.17. The second-order valence-corrected chi connectivity index (χ2v) is 5.89. The minimum Gasteiger partial charge on any atom is -0.351 e. The summed E-state index contributed by atoms with van der Waals surface area (Å²) < 4.78 is 0. The summed E-state index contributed by atoms with van der Waals surface area (Å²) >= 11 is 1.28. The first-order valence-electron chi connectivity index (χ1n) is 5.87. The first-order valence-corrected chi connectivity index (χ1v) is 6.68. The first-order chi connectivity index (χ1) is 8.84. The molecule has 0 unspecified atom stereocenters. The van der Waals surface area contributed by atoms with Crippen LogP contribution >= 0.6 is 11.3 Å². The quantitative estimate of drug-likeness (QED) is 0.620. The summed E-state index contributed by atoms with van der Waals surface area (Å²) in [4.78, 5) is 22.6. The predicted octanol–water partition coefficient (Wildman–Crippen LogP) is 0.868. The summed E-state index contributed by atoms with van der Waals surface area (Å²) in [6, 6.07) is 0. The predicted molar refractivity (Wildman–Crippen MR) is 74.1 cm³/mol. The van der Waals surface area contributed by atoms with Gasteiger partial charge in [0.15, 0.2) is 0 Å². The Bertz CT molecular complexity index is 476. The molecule has 0 radical (unpaired) electrons. The molecule has 0 saturated carbocycles. The number of carbonyl (C=O) groups excluding carboxylic acids is 2. The van der Waals surface area contributed by atoms with E-state index in [4.69, 9.17) is 0 Å². The van der Waals surface area contributed by atoms with E-state index < -0.39 is 0 Å². The van der Waals surface area contributed by atoms with Gasteiger partial charge in [-0.05, 0) is 6.08 Å². The number of rotatable bonds is 5. The fourth-order valence-corrected chi connectivity index (χ4v) is 1.95. The van der Waals surface area contributed by atoms with Crippen molar-refractivity contribution >= 4 is 23.2 Å². The van der Waals surface area contributed by atoms with Gasteiger partial charge in [-0.2, -0.15) is 0 Å². The summed E-state index contributed by atoms with van der Waals surface area (Å²) in [6.45, 7) is 10.1. The molecule has 1 aromatic heterocycles. The summed E-state index contributed by atoms with van der Waals surface area (Å²) in [5.41, 5.74) is -0.117. The number of hydrogen-bond acceptors (Lipinski definition) is 5. The van der Waals surface area contributed by atoms with Crippen molar-refractivity contribution in [2.24, 2.45) is 0 Å². The Morgan fingerprint density at radius 3 is 2.42 bits per heavy atom. The molecule has 0 aliphatic heterocycles. The number of aromatic nitrogens is 2. The van der Waals surface area contributed by atoms with Gasteiger partial charge in [0.1, 0.15) is 5.01 Å². The van der Waals surface area contributed by atoms with Gasteiger partial charge in [0.05, 0.1) is 0 Å². The zero-order valence-electron chi connectivity index (χ0n) is 11.3. The lowest BCUT2D eigenvalue weighted by atomic mass is 9.98. The van der Waals surface area contributed by atoms with Crippen LogP contribution in [-0.4, -0.2) is 35.1 Å². The minimum atomic E-state index is -0.277. The topological polar surface area (TPSA) is 84.0 Å². The fraction of sp³-hybridized carbons (Fsp3) is 0.500. The van der Waals surface area contributed by atoms with E-state index in [0.29, 0.717) is 18.1 Å². The van der Waals surface area contributed by atoms with Gasteiger partial charge < -0.3 is 10.6 Å². The average molecular weight is 282 g/mol. The molecule has 2 amide bonds. The molecule has 0 aromatic carbocycles. The van der Waals surface area contributed by atoms with Crippen LogP contribution in [0.2, 0.25) is 0 Å². The second-order valence-electron chi connectivity index (χ2n) is 4.91. The summed E-state index contributed by atoms with van der Waals surface area (Å²) in [6.07, 6.45) is 1.18. The van der Waals surface area contributed by atoms with Gasteiger partial charge >= 0.3 is 0 Å². The molecule has 7 heteroatoms. The molecule has 104 valence electrons. The van der Waals surface area contributed by atoms with Crippen molar-refractivity contribution in [1.82, 2.24) is 20.8 Å². The smallest absolute Gasteiger partial charge is 0.282 e. The van der Waals surface area contributed by atoms with Gasteiger partial charge in [-0.25, -0.2) is 0 Å². The molecular weight excluding hydrogens is 264 g/mol. The van der Waals surface area contributed by atoms with Crippen molar-refractivity contribution in [1.29, 1.82) is 0 Å². The summed E-state index contributed by atoms with van der Waals surface area (Å²) in [5, 5.41) is 14.2. The normalized spacial score (nSPS) is 10.9. The van der Waals surface area contributed by atoms with Crippen LogP contribution in [0.15, 0.2) is 12.7 Å². The lowest BCUT2D eigenvalue weighted by Crippen LogP contribution is -2.33. The molecule has 0 bridgehead atoms. The zero-order chi connectivity index (χ0) is 14.5. The molecule has 0 spiro atoms. The molecule has 1 aromatic rings. The minimum absolute atomic E-state index is 0.117. The van der Waals surface area contributed by atoms with Crippen molar-refractivity contribution in [3.05, 3.63) is 22.7 Å². The van der Waals surface area contributed by atoms with E-state index in [0.717, 1.165) is 5.01 Å². The zero-order valence-corrected chi connectivity index (χ0v) is 12.1. The third-order valence-corrected chi connectivity index (χ3v) is 3.50. The number of nitrogens with one attached hydrogen (secondary N) is 2. The first kappa shape index (κ1) is 15.3. The molecule has 0 aliphatic rings. The van der Waals surface area contributed by atoms with Crippen molar-refractivity contribution in [3.8, 4) is 0 Å². The average Bonchev–Trinajstić information content (AvgIpc) is 2.83. The molecule has 0 saturated heterocycles. The maximum absolute atomic E-state index is 11.8. The highest BCUT2D eigenvalue weighted by atomic mass is 32.1. The van der Waals surface area contributed by atoms with E-state index >= 15 is 0 Å². The highest BCUT2D eigenvalue weighted by molar-refractivity contribution is 7.13. The molecule has 19 heavy (non-hydrogen) atoms. The van der Waals surface area contributed by atoms with Crippen LogP contribution in [0.1, 0.15) is 35.6 Å². The van der Waals surface area contributed by atoms with Crippen LogP contribution in [-0.2, 0) is 10.2 Å². The third kappa shape index (κ3) is 4.78. The molecule has 0 fully saturated rings. The van der Waals surface area contributed by atoms with E-state index in [1.165, 1.54) is 17.4 Å². The van der Waals surface area contributed by atoms with Crippen molar-refractivity contribution in [2.45, 2.75) is 26.2 Å². The number of carbonyl (C=O) groups is 2. The van der Waals surface area contributed by atoms with E-state index in [1.54, 1.807) is 0 Å². The molecule has 0 atom stereocenters. The molecule has 1 heterocycles. The second kappa shape index (κ2) is 6.42. The Hall–Kier alpha value is -1.76. The van der Waals surface area contributed by atoms with E-state index in [1.807, 2.05) is 20.8 Å². The lowest BCUT2D eigenvalue weighted by molar-refractivity contribution is -0.116. The number of nitrogens with zero attached hydrogens (tertiary/aromatic N) is 2. The summed E-state index contributed by atoms with van der Waals surface area (Å²) in [5.74, 6) is -0.541. The van der Waals surface area contributed by atoms with Crippen molar-refractivity contribution < 1.29 is 9.59 Å². The molecule has 2 N–H and O–H groups in total. The Morgan fingerprint density at radius 2 is 1.89 bits per heavy atom. The van der Waals surface area contributed by atoms with Crippen LogP contribution < -0.4 is 10.6 Å². The lowest BCUT2D eigenvalue weighted by Gasteiger charge is -2.12. The maximum Gasteiger partial charge on any atom is 0.282 e. The van der Waals surface area contributed by atoms with Gasteiger partial charge in [0.25, 0.3) is 5.91 Å². The van der Waals surface area contributed by atoms with Crippen LogP contribution in [0.4, 0.5) is 0 Å². The van der Waals surface area contributed by atoms with Crippen molar-refractivity contribution in [2.75, 3.05) is 13.1 Å². The molecule has 6 nitrogen and oxygen atoms in total. The number of hydrogen-bond donors (Lipinski definition) is 2. The van der Waals surface area contributed by atoms with Gasteiger partial charge in [0.2, 0.25) is 10.9 Å². The summed E-state index contributed by atoms with van der Waals surface area (Å²) in [7, 11) is 0. The highest BCUT2D eigenvalue weighted by Gasteiger charge is 2.21. The Balaban J connectivity index is 2.44. The van der Waals surface area contributed by atoms with E-state index in [-0.39, 0.29) is 17.2 Å². The van der Waals surface area contributed by atoms with Gasteiger partial charge in [-0.3, -0.25) is 9.59 Å². The maximum atomic E-state index is 11.8. The van der Waals surface area contributed by atoms with Gasteiger partial charge in [-0.15, -0.1) is 10.2 Å². The van der Waals surface area contributed by atoms with Crippen LogP contribution in [0.25, 0.3) is 0 Å². The molecule has 0 aliphatic carbocycles. The van der Waals surface area contributed by atoms with E-state index in [2.05, 4.69) is 27.4 Å². The molecule has 1 rings (SSSR count). The van der Waals surface area contributed by atoms with E-state index in [9.17, 15) is 9.59 Å². The fourth-order valence-electron chi connectivity index (χ4n) is 1.13. The Morgan fingerprint density at radius 1 is 1.26 bits per heavy atom. The van der Waals surface area contributed by atoms with Crippen LogP contribution in [0, 0.1) is 0 Å². The largest absolute Gasteiger partial charge is 0.351 e. The monoisotopic (exact) mass is 282 g/mol.